The number of halogens is 4. The number of hydrogen-bond acceptors (Lipinski definition) is 2. The van der Waals surface area contributed by atoms with Crippen LogP contribution in [0.5, 0.6) is 0 Å². The zero-order valence-electron chi connectivity index (χ0n) is 10.5. The number of carbonyl (C=O) groups is 1. The molecule has 104 valence electrons. The van der Waals surface area contributed by atoms with Gasteiger partial charge in [-0.3, -0.25) is 4.79 Å². The molecule has 0 fully saturated rings. The number of rotatable bonds is 6. The molecule has 0 rings (SSSR count). The van der Waals surface area contributed by atoms with Gasteiger partial charge in [-0.15, -0.1) is 11.6 Å². The monoisotopic (exact) mass is 332 g/mol. The fourth-order valence-corrected chi connectivity index (χ4v) is 2.06. The Hall–Kier alpha value is 0.110. The third-order valence-electron chi connectivity index (χ3n) is 2.20. The summed E-state index contributed by atoms with van der Waals surface area (Å²) in [5, 5.41) is -0.120. The Morgan fingerprint density at radius 1 is 1.33 bits per heavy atom. The van der Waals surface area contributed by atoms with Crippen LogP contribution in [-0.2, 0) is 9.53 Å². The van der Waals surface area contributed by atoms with E-state index < -0.39 is 10.8 Å². The van der Waals surface area contributed by atoms with Gasteiger partial charge in [-0.1, -0.05) is 48.7 Å². The molecule has 0 saturated heterocycles. The molecule has 2 nitrogen and oxygen atoms in total. The fraction of sp³-hybridized carbons (Fsp3) is 0.583. The maximum atomic E-state index is 11.4. The molecular weight excluding hydrogens is 318 g/mol. The van der Waals surface area contributed by atoms with E-state index in [0.29, 0.717) is 11.6 Å². The quantitative estimate of drug-likeness (QED) is 0.388. The smallest absolute Gasteiger partial charge is 0.306 e. The number of esters is 1. The van der Waals surface area contributed by atoms with Crippen LogP contribution in [0, 0.1) is 5.41 Å². The van der Waals surface area contributed by atoms with Crippen molar-refractivity contribution in [3.8, 4) is 0 Å². The van der Waals surface area contributed by atoms with Crippen LogP contribution in [0.2, 0.25) is 0 Å². The summed E-state index contributed by atoms with van der Waals surface area (Å²) in [6, 6.07) is 0. The van der Waals surface area contributed by atoms with Gasteiger partial charge in [-0.25, -0.2) is 0 Å². The number of allylic oxidation sites excluding steroid dienone is 3. The van der Waals surface area contributed by atoms with Gasteiger partial charge < -0.3 is 4.74 Å². The molecule has 1 unspecified atom stereocenters. The van der Waals surface area contributed by atoms with Gasteiger partial charge in [0.25, 0.3) is 0 Å². The van der Waals surface area contributed by atoms with Crippen molar-refractivity contribution < 1.29 is 9.53 Å². The number of alkyl halides is 1. The molecule has 0 aliphatic heterocycles. The van der Waals surface area contributed by atoms with Gasteiger partial charge in [0.05, 0.1) is 18.4 Å². The zero-order chi connectivity index (χ0) is 14.3. The molecule has 0 bridgehead atoms. The number of hydrogen-bond donors (Lipinski definition) is 0. The fourth-order valence-electron chi connectivity index (χ4n) is 1.20. The predicted molar refractivity (Wildman–Crippen MR) is 78.4 cm³/mol. The molecule has 0 aromatic rings. The van der Waals surface area contributed by atoms with Gasteiger partial charge in [0.1, 0.15) is 4.49 Å². The van der Waals surface area contributed by atoms with E-state index in [1.165, 1.54) is 6.08 Å². The SMILES string of the molecule is CCOC(=O)CC(C)(C)C(Cl)C=C(Cl)C=C(Cl)Cl. The predicted octanol–water partition coefficient (Wildman–Crippen LogP) is 5.01. The van der Waals surface area contributed by atoms with Gasteiger partial charge in [0.15, 0.2) is 0 Å². The Kier molecular flexibility index (Phi) is 8.37. The first-order chi connectivity index (χ1) is 8.19. The summed E-state index contributed by atoms with van der Waals surface area (Å²) in [4.78, 5) is 11.4. The van der Waals surface area contributed by atoms with Crippen molar-refractivity contribution in [2.75, 3.05) is 6.61 Å². The molecule has 0 spiro atoms. The van der Waals surface area contributed by atoms with Crippen LogP contribution >= 0.6 is 46.4 Å². The summed E-state index contributed by atoms with van der Waals surface area (Å²) in [6.07, 6.45) is 3.17. The maximum absolute atomic E-state index is 11.4. The van der Waals surface area contributed by atoms with Gasteiger partial charge in [0.2, 0.25) is 0 Å². The minimum atomic E-state index is -0.486. The second-order valence-electron chi connectivity index (χ2n) is 4.36. The minimum Gasteiger partial charge on any atom is -0.466 e. The normalized spacial score (nSPS) is 14.1. The minimum absolute atomic E-state index is 0.0447. The van der Waals surface area contributed by atoms with Crippen molar-refractivity contribution in [2.45, 2.75) is 32.6 Å². The molecule has 0 aromatic carbocycles. The first kappa shape index (κ1) is 18.1. The molecule has 0 heterocycles. The lowest BCUT2D eigenvalue weighted by Crippen LogP contribution is -2.27. The molecule has 0 radical (unpaired) electrons. The van der Waals surface area contributed by atoms with Crippen LogP contribution in [0.3, 0.4) is 0 Å². The van der Waals surface area contributed by atoms with E-state index >= 15 is 0 Å². The highest BCUT2D eigenvalue weighted by molar-refractivity contribution is 6.56. The summed E-state index contributed by atoms with van der Waals surface area (Å²) >= 11 is 23.1. The number of ether oxygens (including phenoxy) is 1. The van der Waals surface area contributed by atoms with Crippen LogP contribution in [0.1, 0.15) is 27.2 Å². The lowest BCUT2D eigenvalue weighted by Gasteiger charge is -2.27. The van der Waals surface area contributed by atoms with Crippen molar-refractivity contribution in [1.29, 1.82) is 0 Å². The van der Waals surface area contributed by atoms with E-state index in [1.54, 1.807) is 13.0 Å². The third kappa shape index (κ3) is 7.52. The molecule has 0 N–H and O–H groups in total. The van der Waals surface area contributed by atoms with Crippen molar-refractivity contribution >= 4 is 52.4 Å². The lowest BCUT2D eigenvalue weighted by molar-refractivity contribution is -0.145. The van der Waals surface area contributed by atoms with Crippen LogP contribution in [0.4, 0.5) is 0 Å². The van der Waals surface area contributed by atoms with E-state index in [0.717, 1.165) is 0 Å². The highest BCUT2D eigenvalue weighted by Gasteiger charge is 2.30. The topological polar surface area (TPSA) is 26.3 Å². The highest BCUT2D eigenvalue weighted by atomic mass is 35.5. The second kappa shape index (κ2) is 8.31. The molecule has 0 aromatic heterocycles. The van der Waals surface area contributed by atoms with Gasteiger partial charge in [-0.2, -0.15) is 0 Å². The summed E-state index contributed by atoms with van der Waals surface area (Å²) in [5.41, 5.74) is -0.486. The lowest BCUT2D eigenvalue weighted by atomic mass is 9.85. The molecule has 1 atom stereocenters. The summed E-state index contributed by atoms with van der Waals surface area (Å²) in [6.45, 7) is 5.82. The molecular formula is C12H16Cl4O2. The molecule has 0 aliphatic carbocycles. The summed E-state index contributed by atoms with van der Waals surface area (Å²) < 4.78 is 4.94. The van der Waals surface area contributed by atoms with E-state index in [1.807, 2.05) is 13.8 Å². The molecule has 0 amide bonds. The average Bonchev–Trinajstić information content (AvgIpc) is 2.14. The number of carbonyl (C=O) groups excluding carboxylic acids is 1. The Bertz CT molecular complexity index is 344. The van der Waals surface area contributed by atoms with E-state index in [-0.39, 0.29) is 16.9 Å². The van der Waals surface area contributed by atoms with Gasteiger partial charge in [0, 0.05) is 5.03 Å². The van der Waals surface area contributed by atoms with E-state index in [2.05, 4.69) is 0 Å². The largest absolute Gasteiger partial charge is 0.466 e. The van der Waals surface area contributed by atoms with Crippen molar-refractivity contribution in [2.24, 2.45) is 5.41 Å². The summed E-state index contributed by atoms with van der Waals surface area (Å²) in [7, 11) is 0. The standard InChI is InChI=1S/C12H16Cl4O2/c1-4-18-11(17)7-12(2,3)9(14)5-8(13)6-10(15)16/h5-6,9H,4,7H2,1-3H3. The van der Waals surface area contributed by atoms with Gasteiger partial charge >= 0.3 is 5.97 Å². The van der Waals surface area contributed by atoms with Crippen molar-refractivity contribution in [3.05, 3.63) is 21.7 Å². The average molecular weight is 334 g/mol. The van der Waals surface area contributed by atoms with Crippen LogP contribution in [-0.4, -0.2) is 18.0 Å². The first-order valence-electron chi connectivity index (χ1n) is 5.38. The molecule has 0 aliphatic rings. The van der Waals surface area contributed by atoms with E-state index in [4.69, 9.17) is 51.1 Å². The highest BCUT2D eigenvalue weighted by Crippen LogP contribution is 2.32. The molecule has 6 heteroatoms. The molecule has 18 heavy (non-hydrogen) atoms. The van der Waals surface area contributed by atoms with E-state index in [9.17, 15) is 4.79 Å². The van der Waals surface area contributed by atoms with Crippen LogP contribution in [0.25, 0.3) is 0 Å². The van der Waals surface area contributed by atoms with Gasteiger partial charge in [-0.05, 0) is 24.5 Å². The summed E-state index contributed by atoms with van der Waals surface area (Å²) in [5.74, 6) is -0.288. The molecule has 0 saturated carbocycles. The van der Waals surface area contributed by atoms with Crippen LogP contribution < -0.4 is 0 Å². The zero-order valence-corrected chi connectivity index (χ0v) is 13.5. The first-order valence-corrected chi connectivity index (χ1v) is 6.95. The Labute approximate surface area is 128 Å². The maximum Gasteiger partial charge on any atom is 0.306 e. The van der Waals surface area contributed by atoms with Crippen molar-refractivity contribution in [1.82, 2.24) is 0 Å². The Balaban J connectivity index is 4.70. The van der Waals surface area contributed by atoms with Crippen molar-refractivity contribution in [3.63, 3.8) is 0 Å². The Morgan fingerprint density at radius 3 is 2.33 bits per heavy atom. The second-order valence-corrected chi connectivity index (χ2v) is 6.27. The van der Waals surface area contributed by atoms with Crippen LogP contribution in [0.15, 0.2) is 21.7 Å². The Morgan fingerprint density at radius 2 is 1.89 bits per heavy atom. The third-order valence-corrected chi connectivity index (χ3v) is 3.37.